The van der Waals surface area contributed by atoms with Gasteiger partial charge in [-0.1, -0.05) is 0 Å². The average Bonchev–Trinajstić information content (AvgIpc) is 2.88. The summed E-state index contributed by atoms with van der Waals surface area (Å²) in [7, 11) is 0. The molecule has 5 N–H and O–H groups in total. The number of nitrogens with zero attached hydrogens (tertiary/aromatic N) is 2. The Bertz CT molecular complexity index is 1530. The first-order valence-electron chi connectivity index (χ1n) is 11.5. The molecule has 4 rings (SSSR count). The van der Waals surface area contributed by atoms with Crippen LogP contribution in [0.3, 0.4) is 0 Å². The largest absolute Gasteiger partial charge is 0.508 e. The number of alkyl halides is 6. The van der Waals surface area contributed by atoms with Gasteiger partial charge in [0.25, 0.3) is 0 Å². The van der Waals surface area contributed by atoms with Crippen molar-refractivity contribution in [2.45, 2.75) is 12.4 Å². The molecule has 0 aliphatic heterocycles. The van der Waals surface area contributed by atoms with E-state index in [4.69, 9.17) is 10.5 Å². The molecule has 0 bridgehead atoms. The SMILES string of the molecule is Nc1nc(Oc2ccc(NC(=O)Nc3ccc(OCC(F)(F)F)c(C(F)(F)F)c3)cc2)cc(-c2ccc(O)cc2)n1. The maximum absolute atomic E-state index is 13.3. The Labute approximate surface area is 227 Å². The number of nitrogen functional groups attached to an aromatic ring is 1. The molecule has 0 saturated heterocycles. The number of aromatic nitrogens is 2. The number of anilines is 3. The third kappa shape index (κ3) is 8.14. The molecule has 0 saturated carbocycles. The molecular formula is C26H19F6N5O4. The number of urea groups is 1. The van der Waals surface area contributed by atoms with Gasteiger partial charge < -0.3 is 30.9 Å². The first-order valence-corrected chi connectivity index (χ1v) is 11.5. The van der Waals surface area contributed by atoms with Crippen molar-refractivity contribution >= 4 is 23.4 Å². The molecule has 0 aliphatic rings. The summed E-state index contributed by atoms with van der Waals surface area (Å²) in [6.07, 6.45) is -9.87. The molecule has 0 radical (unpaired) electrons. The van der Waals surface area contributed by atoms with Crippen molar-refractivity contribution in [3.8, 4) is 34.4 Å². The van der Waals surface area contributed by atoms with Gasteiger partial charge in [0.2, 0.25) is 11.8 Å². The number of nitrogens with one attached hydrogen (secondary N) is 2. The van der Waals surface area contributed by atoms with Crippen LogP contribution in [-0.4, -0.2) is 33.9 Å². The van der Waals surface area contributed by atoms with Crippen molar-refractivity contribution in [1.82, 2.24) is 9.97 Å². The summed E-state index contributed by atoms with van der Waals surface area (Å²) >= 11 is 0. The zero-order valence-corrected chi connectivity index (χ0v) is 20.5. The van der Waals surface area contributed by atoms with E-state index >= 15 is 0 Å². The maximum Gasteiger partial charge on any atom is 0.422 e. The van der Waals surface area contributed by atoms with E-state index < -0.39 is 36.3 Å². The molecule has 41 heavy (non-hydrogen) atoms. The number of phenolic OH excluding ortho intramolecular Hbond substituents is 1. The van der Waals surface area contributed by atoms with Gasteiger partial charge in [-0.05, 0) is 66.7 Å². The minimum absolute atomic E-state index is 0.0610. The fourth-order valence-electron chi connectivity index (χ4n) is 3.41. The fourth-order valence-corrected chi connectivity index (χ4v) is 3.41. The Morgan fingerprint density at radius 2 is 1.49 bits per heavy atom. The average molecular weight is 579 g/mol. The summed E-state index contributed by atoms with van der Waals surface area (Å²) in [5.41, 5.74) is 5.29. The molecule has 0 fully saturated rings. The van der Waals surface area contributed by atoms with Crippen LogP contribution >= 0.6 is 0 Å². The Balaban J connectivity index is 1.40. The number of rotatable bonds is 7. The number of halogens is 6. The van der Waals surface area contributed by atoms with Crippen LogP contribution in [0.1, 0.15) is 5.56 Å². The third-order valence-electron chi connectivity index (χ3n) is 5.15. The molecule has 9 nitrogen and oxygen atoms in total. The van der Waals surface area contributed by atoms with E-state index in [0.29, 0.717) is 29.1 Å². The predicted molar refractivity (Wildman–Crippen MR) is 136 cm³/mol. The highest BCUT2D eigenvalue weighted by Gasteiger charge is 2.36. The fraction of sp³-hybridized carbons (Fsp3) is 0.115. The van der Waals surface area contributed by atoms with Crippen LogP contribution in [-0.2, 0) is 6.18 Å². The van der Waals surface area contributed by atoms with Crippen molar-refractivity contribution in [1.29, 1.82) is 0 Å². The molecule has 15 heteroatoms. The Morgan fingerprint density at radius 3 is 2.12 bits per heavy atom. The smallest absolute Gasteiger partial charge is 0.422 e. The number of aromatic hydroxyl groups is 1. The van der Waals surface area contributed by atoms with Crippen molar-refractivity contribution in [3.63, 3.8) is 0 Å². The maximum atomic E-state index is 13.3. The summed E-state index contributed by atoms with van der Waals surface area (Å²) in [5, 5.41) is 14.1. The quantitative estimate of drug-likeness (QED) is 0.177. The topological polar surface area (TPSA) is 132 Å². The lowest BCUT2D eigenvalue weighted by Crippen LogP contribution is -2.22. The van der Waals surface area contributed by atoms with Gasteiger partial charge in [-0.2, -0.15) is 31.3 Å². The minimum Gasteiger partial charge on any atom is -0.508 e. The van der Waals surface area contributed by atoms with Crippen molar-refractivity contribution in [2.75, 3.05) is 23.0 Å². The van der Waals surface area contributed by atoms with Gasteiger partial charge >= 0.3 is 18.4 Å². The summed E-state index contributed by atoms with van der Waals surface area (Å²) < 4.78 is 87.1. The molecule has 0 spiro atoms. The molecule has 3 aromatic carbocycles. The summed E-state index contributed by atoms with van der Waals surface area (Å²) in [4.78, 5) is 20.5. The van der Waals surface area contributed by atoms with Crippen LogP contribution in [0, 0.1) is 0 Å². The number of carbonyl (C=O) groups is 1. The zero-order valence-electron chi connectivity index (χ0n) is 20.5. The van der Waals surface area contributed by atoms with E-state index in [9.17, 15) is 36.2 Å². The van der Waals surface area contributed by atoms with Gasteiger partial charge in [-0.3, -0.25) is 0 Å². The minimum atomic E-state index is -5.04. The van der Waals surface area contributed by atoms with Gasteiger partial charge in [0.1, 0.15) is 17.2 Å². The van der Waals surface area contributed by atoms with E-state index in [2.05, 4.69) is 25.3 Å². The Hall–Kier alpha value is -5.21. The van der Waals surface area contributed by atoms with Crippen LogP contribution < -0.4 is 25.8 Å². The highest BCUT2D eigenvalue weighted by molar-refractivity contribution is 5.99. The second kappa shape index (κ2) is 11.5. The number of nitrogens with two attached hydrogens (primary N) is 1. The molecule has 0 aliphatic carbocycles. The van der Waals surface area contributed by atoms with Crippen molar-refractivity contribution in [3.05, 3.63) is 78.4 Å². The molecule has 0 atom stereocenters. The van der Waals surface area contributed by atoms with Gasteiger partial charge in [-0.25, -0.2) is 9.78 Å². The van der Waals surface area contributed by atoms with Gasteiger partial charge in [0.15, 0.2) is 6.61 Å². The highest BCUT2D eigenvalue weighted by atomic mass is 19.4. The normalized spacial score (nSPS) is 11.6. The van der Waals surface area contributed by atoms with Crippen LogP contribution in [0.15, 0.2) is 72.8 Å². The Morgan fingerprint density at radius 1 is 0.854 bits per heavy atom. The molecule has 1 heterocycles. The summed E-state index contributed by atoms with van der Waals surface area (Å²) in [5.74, 6) is -0.601. The summed E-state index contributed by atoms with van der Waals surface area (Å²) in [6.45, 7) is -1.91. The number of hydrogen-bond acceptors (Lipinski definition) is 7. The van der Waals surface area contributed by atoms with Crippen LogP contribution in [0.5, 0.6) is 23.1 Å². The second-order valence-corrected chi connectivity index (χ2v) is 8.31. The lowest BCUT2D eigenvalue weighted by atomic mass is 10.1. The first-order chi connectivity index (χ1) is 19.2. The van der Waals surface area contributed by atoms with Crippen LogP contribution in [0.4, 0.5) is 48.5 Å². The van der Waals surface area contributed by atoms with E-state index in [-0.39, 0.29) is 29.0 Å². The first kappa shape index (κ1) is 28.8. The van der Waals surface area contributed by atoms with E-state index in [1.807, 2.05) is 0 Å². The van der Waals surface area contributed by atoms with E-state index in [1.54, 1.807) is 12.1 Å². The monoisotopic (exact) mass is 579 g/mol. The van der Waals surface area contributed by atoms with Gasteiger partial charge in [0, 0.05) is 23.0 Å². The molecule has 0 unspecified atom stereocenters. The van der Waals surface area contributed by atoms with Crippen molar-refractivity contribution < 1.29 is 45.7 Å². The highest BCUT2D eigenvalue weighted by Crippen LogP contribution is 2.38. The molecular weight excluding hydrogens is 560 g/mol. The number of benzene rings is 3. The lowest BCUT2D eigenvalue weighted by Gasteiger charge is -2.17. The van der Waals surface area contributed by atoms with Gasteiger partial charge in [0.05, 0.1) is 11.3 Å². The van der Waals surface area contributed by atoms with Crippen molar-refractivity contribution in [2.24, 2.45) is 0 Å². The molecule has 2 amide bonds. The zero-order chi connectivity index (χ0) is 29.8. The lowest BCUT2D eigenvalue weighted by molar-refractivity contribution is -0.158. The number of ether oxygens (including phenoxy) is 2. The standard InChI is InChI=1S/C26H19F6N5O4/c27-25(28,29)13-40-21-10-5-16(11-19(21)26(30,31)32)35-24(39)34-15-3-8-18(9-4-15)41-22-12-20(36-23(33)37-22)14-1-6-17(38)7-2-14/h1-12,38H,13H2,(H2,33,36,37)(H2,34,35,39). The molecule has 4 aromatic rings. The molecule has 1 aromatic heterocycles. The van der Waals surface area contributed by atoms with E-state index in [0.717, 1.165) is 6.07 Å². The number of phenols is 1. The number of hydrogen-bond donors (Lipinski definition) is 4. The van der Waals surface area contributed by atoms with Crippen LogP contribution in [0.2, 0.25) is 0 Å². The third-order valence-corrected chi connectivity index (χ3v) is 5.15. The molecule has 214 valence electrons. The second-order valence-electron chi connectivity index (χ2n) is 8.31. The Kier molecular flexibility index (Phi) is 8.07. The van der Waals surface area contributed by atoms with Gasteiger partial charge in [-0.15, -0.1) is 0 Å². The summed E-state index contributed by atoms with van der Waals surface area (Å²) in [6, 6.07) is 14.8. The number of carbonyl (C=O) groups excluding carboxylic acids is 1. The number of amides is 2. The predicted octanol–water partition coefficient (Wildman–Crippen LogP) is 6.83. The van der Waals surface area contributed by atoms with Crippen LogP contribution in [0.25, 0.3) is 11.3 Å². The van der Waals surface area contributed by atoms with E-state index in [1.165, 1.54) is 42.5 Å².